The summed E-state index contributed by atoms with van der Waals surface area (Å²) in [6.07, 6.45) is -2.88. The number of piperidine rings is 1. The highest BCUT2D eigenvalue weighted by Crippen LogP contribution is 2.46. The molecule has 1 amide bonds. The van der Waals surface area contributed by atoms with Crippen LogP contribution in [0.3, 0.4) is 0 Å². The van der Waals surface area contributed by atoms with E-state index in [0.717, 1.165) is 40.9 Å². The van der Waals surface area contributed by atoms with Crippen molar-refractivity contribution in [1.29, 1.82) is 0 Å². The summed E-state index contributed by atoms with van der Waals surface area (Å²) in [5, 5.41) is 3.28. The van der Waals surface area contributed by atoms with Crippen molar-refractivity contribution in [2.45, 2.75) is 63.4 Å². The number of fused-ring (bicyclic) bond motifs is 6. The summed E-state index contributed by atoms with van der Waals surface area (Å²) in [5.74, 6) is 0.622. The maximum absolute atomic E-state index is 13.7. The number of nitrogens with zero attached hydrogens (tertiary/aromatic N) is 2. The Labute approximate surface area is 188 Å². The highest BCUT2D eigenvalue weighted by atomic mass is 19.4. The number of alkyl halides is 3. The zero-order valence-electron chi connectivity index (χ0n) is 17.7. The van der Waals surface area contributed by atoms with E-state index >= 15 is 0 Å². The summed E-state index contributed by atoms with van der Waals surface area (Å²) in [6, 6.07) is 2.73. The Morgan fingerprint density at radius 1 is 1.21 bits per heavy atom. The molecular weight excluding hydrogens is 437 g/mol. The smallest absolute Gasteiger partial charge is 0.416 e. The van der Waals surface area contributed by atoms with Crippen molar-refractivity contribution in [1.82, 2.24) is 15.2 Å². The molecule has 5 heterocycles. The number of nitrogens with one attached hydrogen (secondary N) is 1. The van der Waals surface area contributed by atoms with Crippen LogP contribution in [0.2, 0.25) is 0 Å². The van der Waals surface area contributed by atoms with E-state index < -0.39 is 17.8 Å². The van der Waals surface area contributed by atoms with Crippen LogP contribution in [0.1, 0.15) is 52.4 Å². The van der Waals surface area contributed by atoms with Crippen molar-refractivity contribution < 1.29 is 27.4 Å². The molecule has 0 saturated carbocycles. The number of aromatic nitrogens is 1. The molecule has 1 aromatic carbocycles. The number of hydrogen-bond donors (Lipinski definition) is 2. The van der Waals surface area contributed by atoms with Crippen LogP contribution in [0.4, 0.5) is 19.0 Å². The second-order valence-electron chi connectivity index (χ2n) is 9.04. The Morgan fingerprint density at radius 2 is 2.03 bits per heavy atom. The number of nitrogen functional groups attached to an aromatic ring is 1. The number of rotatable bonds is 1. The summed E-state index contributed by atoms with van der Waals surface area (Å²) in [6.45, 7) is 1.85. The average molecular weight is 460 g/mol. The molecule has 0 bridgehead atoms. The van der Waals surface area contributed by atoms with E-state index in [2.05, 4.69) is 10.3 Å². The highest BCUT2D eigenvalue weighted by molar-refractivity contribution is 5.83. The van der Waals surface area contributed by atoms with Gasteiger partial charge in [-0.3, -0.25) is 10.1 Å². The van der Waals surface area contributed by atoms with E-state index in [1.807, 2.05) is 0 Å². The van der Waals surface area contributed by atoms with Gasteiger partial charge in [-0.15, -0.1) is 0 Å². The topological polar surface area (TPSA) is 89.7 Å². The van der Waals surface area contributed by atoms with Crippen molar-refractivity contribution in [3.63, 3.8) is 0 Å². The van der Waals surface area contributed by atoms with Crippen LogP contribution in [0.15, 0.2) is 18.2 Å². The van der Waals surface area contributed by atoms with Gasteiger partial charge in [0.25, 0.3) is 0 Å². The van der Waals surface area contributed by atoms with Gasteiger partial charge < -0.3 is 20.1 Å². The molecule has 0 aliphatic carbocycles. The van der Waals surface area contributed by atoms with Gasteiger partial charge in [-0.1, -0.05) is 6.07 Å². The number of hydrogen-bond acceptors (Lipinski definition) is 6. The van der Waals surface area contributed by atoms with E-state index in [-0.39, 0.29) is 23.8 Å². The monoisotopic (exact) mass is 460 g/mol. The van der Waals surface area contributed by atoms with Gasteiger partial charge in [0.15, 0.2) is 0 Å². The zero-order valence-corrected chi connectivity index (χ0v) is 17.7. The number of amides is 1. The van der Waals surface area contributed by atoms with Gasteiger partial charge in [-0.2, -0.15) is 13.2 Å². The standard InChI is InChI=1S/C23H23F3N4O3/c24-23(25,26)11-3-4-12-19(6-11)33-18-2-1-5-30(20(12)18)22(31)16-7-13-14-9-32-10-15(14)21(27)29-17(13)8-28-16/h3-4,6,16,18,20,28H,1-2,5,7-10H2,(H2,27,29)/t16-,18+,20+/m1/s1. The van der Waals surface area contributed by atoms with Gasteiger partial charge in [0.2, 0.25) is 5.91 Å². The van der Waals surface area contributed by atoms with E-state index in [0.29, 0.717) is 50.5 Å². The minimum Gasteiger partial charge on any atom is -0.488 e. The van der Waals surface area contributed by atoms with Gasteiger partial charge in [-0.25, -0.2) is 4.98 Å². The van der Waals surface area contributed by atoms with Crippen molar-refractivity contribution in [3.8, 4) is 5.75 Å². The quantitative estimate of drug-likeness (QED) is 0.681. The fourth-order valence-corrected chi connectivity index (χ4v) is 5.56. The number of benzene rings is 1. The molecule has 1 aromatic heterocycles. The maximum atomic E-state index is 13.7. The SMILES string of the molecule is Nc1nc2c(c3c1COC3)C[C@H](C(=O)N1CCC[C@@H]3Oc4cc(C(F)(F)F)ccc4[C@@H]31)NC2. The van der Waals surface area contributed by atoms with Crippen LogP contribution < -0.4 is 15.8 Å². The van der Waals surface area contributed by atoms with Gasteiger partial charge in [0, 0.05) is 24.2 Å². The number of likely N-dealkylation sites (tertiary alicyclic amines) is 1. The van der Waals surface area contributed by atoms with E-state index in [1.165, 1.54) is 6.07 Å². The molecule has 4 aliphatic rings. The van der Waals surface area contributed by atoms with E-state index in [9.17, 15) is 18.0 Å². The third kappa shape index (κ3) is 3.26. The molecule has 0 spiro atoms. The maximum Gasteiger partial charge on any atom is 0.416 e. The number of halogens is 3. The molecule has 33 heavy (non-hydrogen) atoms. The van der Waals surface area contributed by atoms with E-state index in [4.69, 9.17) is 15.2 Å². The predicted octanol–water partition coefficient (Wildman–Crippen LogP) is 2.85. The molecule has 10 heteroatoms. The zero-order chi connectivity index (χ0) is 22.9. The Hall–Kier alpha value is -2.85. The molecule has 6 rings (SSSR count). The lowest BCUT2D eigenvalue weighted by Crippen LogP contribution is -2.54. The van der Waals surface area contributed by atoms with Crippen molar-refractivity contribution >= 4 is 11.7 Å². The fraction of sp³-hybridized carbons (Fsp3) is 0.478. The Bertz CT molecular complexity index is 1150. The minimum atomic E-state index is -4.44. The highest BCUT2D eigenvalue weighted by Gasteiger charge is 2.46. The first-order valence-corrected chi connectivity index (χ1v) is 11.1. The largest absolute Gasteiger partial charge is 0.488 e. The Balaban J connectivity index is 1.29. The van der Waals surface area contributed by atoms with Gasteiger partial charge in [-0.05, 0) is 42.5 Å². The molecule has 2 aromatic rings. The molecule has 174 valence electrons. The van der Waals surface area contributed by atoms with Gasteiger partial charge in [0.05, 0.1) is 36.6 Å². The average Bonchev–Trinajstić information content (AvgIpc) is 3.43. The molecule has 1 saturated heterocycles. The molecule has 0 radical (unpaired) electrons. The number of anilines is 1. The van der Waals surface area contributed by atoms with Crippen molar-refractivity contribution in [3.05, 3.63) is 51.7 Å². The molecule has 3 N–H and O–H groups in total. The van der Waals surface area contributed by atoms with Gasteiger partial charge in [0.1, 0.15) is 17.7 Å². The van der Waals surface area contributed by atoms with Crippen LogP contribution in [-0.2, 0) is 41.9 Å². The molecule has 3 atom stereocenters. The van der Waals surface area contributed by atoms with Crippen LogP contribution >= 0.6 is 0 Å². The first kappa shape index (κ1) is 20.7. The number of carbonyl (C=O) groups is 1. The lowest BCUT2D eigenvalue weighted by Gasteiger charge is -2.39. The third-order valence-electron chi connectivity index (χ3n) is 7.15. The molecular formula is C23H23F3N4O3. The number of nitrogens with two attached hydrogens (primary N) is 1. The summed E-state index contributed by atoms with van der Waals surface area (Å²) in [5.41, 5.74) is 9.75. The second kappa shape index (κ2) is 7.33. The number of carbonyl (C=O) groups excluding carboxylic acids is 1. The van der Waals surface area contributed by atoms with Crippen LogP contribution in [0.5, 0.6) is 5.75 Å². The van der Waals surface area contributed by atoms with Crippen molar-refractivity contribution in [2.75, 3.05) is 12.3 Å². The molecule has 0 unspecified atom stereocenters. The summed E-state index contributed by atoms with van der Waals surface area (Å²) < 4.78 is 51.0. The summed E-state index contributed by atoms with van der Waals surface area (Å²) in [4.78, 5) is 19.9. The van der Waals surface area contributed by atoms with Crippen molar-refractivity contribution in [2.24, 2.45) is 0 Å². The van der Waals surface area contributed by atoms with Crippen LogP contribution in [0.25, 0.3) is 0 Å². The predicted molar refractivity (Wildman–Crippen MR) is 111 cm³/mol. The second-order valence-corrected chi connectivity index (χ2v) is 9.04. The van der Waals surface area contributed by atoms with Crippen LogP contribution in [0, 0.1) is 0 Å². The number of ether oxygens (including phenoxy) is 2. The Kier molecular flexibility index (Phi) is 4.60. The normalized spacial score (nSPS) is 25.7. The minimum absolute atomic E-state index is 0.0730. The summed E-state index contributed by atoms with van der Waals surface area (Å²) >= 11 is 0. The van der Waals surface area contributed by atoms with E-state index in [1.54, 1.807) is 4.90 Å². The summed E-state index contributed by atoms with van der Waals surface area (Å²) in [7, 11) is 0. The molecule has 1 fully saturated rings. The van der Waals surface area contributed by atoms with Crippen LogP contribution in [-0.4, -0.2) is 34.5 Å². The lowest BCUT2D eigenvalue weighted by atomic mass is 9.90. The number of pyridine rings is 1. The fourth-order valence-electron chi connectivity index (χ4n) is 5.56. The van der Waals surface area contributed by atoms with Gasteiger partial charge >= 0.3 is 6.18 Å². The lowest BCUT2D eigenvalue weighted by molar-refractivity contribution is -0.139. The first-order valence-electron chi connectivity index (χ1n) is 11.1. The third-order valence-corrected chi connectivity index (χ3v) is 7.15. The molecule has 7 nitrogen and oxygen atoms in total. The Morgan fingerprint density at radius 3 is 2.85 bits per heavy atom. The molecule has 4 aliphatic heterocycles. The first-order chi connectivity index (χ1) is 15.8.